The molecular weight excluding hydrogens is 326 g/mol. The molecule has 4 rings (SSSR count). The third-order valence-electron chi connectivity index (χ3n) is 4.54. The van der Waals surface area contributed by atoms with E-state index in [4.69, 9.17) is 4.74 Å². The average Bonchev–Trinajstić information content (AvgIpc) is 3.32. The van der Waals surface area contributed by atoms with E-state index in [2.05, 4.69) is 52.5 Å². The van der Waals surface area contributed by atoms with Crippen LogP contribution in [0.3, 0.4) is 0 Å². The Bertz CT molecular complexity index is 941. The molecule has 130 valence electrons. The Morgan fingerprint density at radius 3 is 2.81 bits per heavy atom. The molecule has 1 atom stereocenters. The van der Waals surface area contributed by atoms with Gasteiger partial charge in [-0.25, -0.2) is 4.68 Å². The highest BCUT2D eigenvalue weighted by Crippen LogP contribution is 2.31. The lowest BCUT2D eigenvalue weighted by atomic mass is 10.1. The van der Waals surface area contributed by atoms with E-state index in [9.17, 15) is 5.26 Å². The van der Waals surface area contributed by atoms with Crippen LogP contribution in [0.5, 0.6) is 0 Å². The molecule has 0 spiro atoms. The lowest BCUT2D eigenvalue weighted by Gasteiger charge is -2.23. The summed E-state index contributed by atoms with van der Waals surface area (Å²) in [4.78, 5) is 2.19. The van der Waals surface area contributed by atoms with Crippen molar-refractivity contribution in [3.8, 4) is 6.07 Å². The van der Waals surface area contributed by atoms with E-state index in [1.165, 1.54) is 5.56 Å². The molecule has 3 aromatic rings. The van der Waals surface area contributed by atoms with Gasteiger partial charge in [-0.3, -0.25) is 0 Å². The van der Waals surface area contributed by atoms with Crippen molar-refractivity contribution in [2.45, 2.75) is 19.7 Å². The standard InChI is InChI=1S/C20H19N5O/c1-15-6-8-18(9-7-15)25-10-11-26-20(25)19-14-24(23-22-19)13-17-5-3-2-4-16(17)12-21/h2-9,14,20H,10-11,13H2,1H3. The van der Waals surface area contributed by atoms with E-state index >= 15 is 0 Å². The molecule has 1 aromatic heterocycles. The van der Waals surface area contributed by atoms with Crippen molar-refractivity contribution in [1.29, 1.82) is 5.26 Å². The lowest BCUT2D eigenvalue weighted by Crippen LogP contribution is -2.23. The minimum absolute atomic E-state index is 0.238. The zero-order chi connectivity index (χ0) is 17.9. The normalized spacial score (nSPS) is 16.6. The number of hydrogen-bond donors (Lipinski definition) is 0. The van der Waals surface area contributed by atoms with Gasteiger partial charge in [-0.2, -0.15) is 5.26 Å². The number of aryl methyl sites for hydroxylation is 1. The largest absolute Gasteiger partial charge is 0.350 e. The highest BCUT2D eigenvalue weighted by molar-refractivity contribution is 5.49. The summed E-state index contributed by atoms with van der Waals surface area (Å²) in [6, 6.07) is 18.1. The van der Waals surface area contributed by atoms with Gasteiger partial charge < -0.3 is 9.64 Å². The quantitative estimate of drug-likeness (QED) is 0.727. The van der Waals surface area contributed by atoms with Gasteiger partial charge in [0.1, 0.15) is 5.69 Å². The van der Waals surface area contributed by atoms with Gasteiger partial charge in [0, 0.05) is 12.2 Å². The van der Waals surface area contributed by atoms with Crippen molar-refractivity contribution >= 4 is 5.69 Å². The number of aromatic nitrogens is 3. The average molecular weight is 345 g/mol. The minimum Gasteiger partial charge on any atom is -0.350 e. The maximum Gasteiger partial charge on any atom is 0.177 e. The summed E-state index contributed by atoms with van der Waals surface area (Å²) in [5.74, 6) is 0. The summed E-state index contributed by atoms with van der Waals surface area (Å²) in [6.07, 6.45) is 1.66. The van der Waals surface area contributed by atoms with Crippen molar-refractivity contribution in [3.63, 3.8) is 0 Å². The molecular formula is C20H19N5O. The molecule has 0 bridgehead atoms. The number of rotatable bonds is 4. The van der Waals surface area contributed by atoms with Gasteiger partial charge in [-0.15, -0.1) is 5.10 Å². The van der Waals surface area contributed by atoms with Crippen LogP contribution in [-0.4, -0.2) is 28.1 Å². The zero-order valence-corrected chi connectivity index (χ0v) is 14.5. The summed E-state index contributed by atoms with van der Waals surface area (Å²) in [6.45, 7) is 4.06. The SMILES string of the molecule is Cc1ccc(N2CCOC2c2cn(Cc3ccccc3C#N)nn2)cc1. The maximum absolute atomic E-state index is 9.23. The van der Waals surface area contributed by atoms with Crippen LogP contribution in [0.25, 0.3) is 0 Å². The fraction of sp³-hybridized carbons (Fsp3) is 0.250. The molecule has 2 aromatic carbocycles. The third kappa shape index (κ3) is 3.17. The first-order valence-corrected chi connectivity index (χ1v) is 8.57. The van der Waals surface area contributed by atoms with Crippen molar-refractivity contribution < 1.29 is 4.74 Å². The number of nitrogens with zero attached hydrogens (tertiary/aromatic N) is 5. The summed E-state index contributed by atoms with van der Waals surface area (Å²) in [5.41, 5.74) is 4.70. The molecule has 0 radical (unpaired) electrons. The van der Waals surface area contributed by atoms with E-state index < -0.39 is 0 Å². The second-order valence-corrected chi connectivity index (χ2v) is 6.36. The second kappa shape index (κ2) is 6.98. The summed E-state index contributed by atoms with van der Waals surface area (Å²) >= 11 is 0. The molecule has 2 heterocycles. The Morgan fingerprint density at radius 2 is 2.00 bits per heavy atom. The lowest BCUT2D eigenvalue weighted by molar-refractivity contribution is 0.110. The van der Waals surface area contributed by atoms with E-state index in [-0.39, 0.29) is 6.23 Å². The van der Waals surface area contributed by atoms with Gasteiger partial charge in [0.25, 0.3) is 0 Å². The van der Waals surface area contributed by atoms with Gasteiger partial charge in [0.15, 0.2) is 6.23 Å². The fourth-order valence-electron chi connectivity index (χ4n) is 3.16. The van der Waals surface area contributed by atoms with Crippen molar-refractivity contribution in [3.05, 3.63) is 77.1 Å². The number of ether oxygens (including phenoxy) is 1. The van der Waals surface area contributed by atoms with Gasteiger partial charge in [-0.1, -0.05) is 41.1 Å². The summed E-state index contributed by atoms with van der Waals surface area (Å²) in [5, 5.41) is 17.8. The number of benzene rings is 2. The first kappa shape index (κ1) is 16.3. The Morgan fingerprint density at radius 1 is 1.19 bits per heavy atom. The molecule has 1 unspecified atom stereocenters. The predicted molar refractivity (Wildman–Crippen MR) is 97.5 cm³/mol. The van der Waals surface area contributed by atoms with Crippen molar-refractivity contribution in [2.75, 3.05) is 18.1 Å². The highest BCUT2D eigenvalue weighted by Gasteiger charge is 2.29. The smallest absolute Gasteiger partial charge is 0.177 e. The summed E-state index contributed by atoms with van der Waals surface area (Å²) in [7, 11) is 0. The van der Waals surface area contributed by atoms with Crippen LogP contribution in [0.2, 0.25) is 0 Å². The van der Waals surface area contributed by atoms with Crippen LogP contribution >= 0.6 is 0 Å². The zero-order valence-electron chi connectivity index (χ0n) is 14.5. The van der Waals surface area contributed by atoms with Crippen LogP contribution in [0, 0.1) is 18.3 Å². The molecule has 1 saturated heterocycles. The van der Waals surface area contributed by atoms with Gasteiger partial charge >= 0.3 is 0 Å². The van der Waals surface area contributed by atoms with Crippen molar-refractivity contribution in [2.24, 2.45) is 0 Å². The first-order valence-electron chi connectivity index (χ1n) is 8.57. The number of nitriles is 1. The van der Waals surface area contributed by atoms with Gasteiger partial charge in [0.05, 0.1) is 31.0 Å². The van der Waals surface area contributed by atoms with E-state index in [0.717, 1.165) is 23.5 Å². The Labute approximate surface area is 152 Å². The van der Waals surface area contributed by atoms with Crippen LogP contribution in [0.4, 0.5) is 5.69 Å². The first-order chi connectivity index (χ1) is 12.7. The fourth-order valence-corrected chi connectivity index (χ4v) is 3.16. The number of hydrogen-bond acceptors (Lipinski definition) is 5. The topological polar surface area (TPSA) is 67.0 Å². The van der Waals surface area contributed by atoms with Crippen LogP contribution in [0.1, 0.15) is 28.6 Å². The molecule has 0 amide bonds. The highest BCUT2D eigenvalue weighted by atomic mass is 16.5. The Balaban J connectivity index is 1.55. The molecule has 6 nitrogen and oxygen atoms in total. The second-order valence-electron chi connectivity index (χ2n) is 6.36. The maximum atomic E-state index is 9.23. The molecule has 26 heavy (non-hydrogen) atoms. The number of anilines is 1. The van der Waals surface area contributed by atoms with Crippen LogP contribution < -0.4 is 4.90 Å². The van der Waals surface area contributed by atoms with E-state index in [0.29, 0.717) is 18.7 Å². The minimum atomic E-state index is -0.238. The monoisotopic (exact) mass is 345 g/mol. The predicted octanol–water partition coefficient (Wildman–Crippen LogP) is 3.04. The van der Waals surface area contributed by atoms with Gasteiger partial charge in [-0.05, 0) is 30.7 Å². The Kier molecular flexibility index (Phi) is 4.38. The van der Waals surface area contributed by atoms with E-state index in [1.807, 2.05) is 30.5 Å². The van der Waals surface area contributed by atoms with Crippen LogP contribution in [0.15, 0.2) is 54.7 Å². The molecule has 0 N–H and O–H groups in total. The van der Waals surface area contributed by atoms with E-state index in [1.54, 1.807) is 4.68 Å². The molecule has 0 aliphatic carbocycles. The Hall–Kier alpha value is -3.17. The molecule has 1 aliphatic rings. The van der Waals surface area contributed by atoms with Gasteiger partial charge in [0.2, 0.25) is 0 Å². The molecule has 1 aliphatic heterocycles. The van der Waals surface area contributed by atoms with Crippen molar-refractivity contribution in [1.82, 2.24) is 15.0 Å². The summed E-state index contributed by atoms with van der Waals surface area (Å²) < 4.78 is 7.65. The molecule has 0 saturated carbocycles. The molecule has 6 heteroatoms. The molecule has 1 fully saturated rings. The van der Waals surface area contributed by atoms with Crippen LogP contribution in [-0.2, 0) is 11.3 Å². The third-order valence-corrected chi connectivity index (χ3v) is 4.54.